The van der Waals surface area contributed by atoms with E-state index in [0.29, 0.717) is 11.7 Å². The Bertz CT molecular complexity index is 801. The van der Waals surface area contributed by atoms with Crippen molar-refractivity contribution in [3.05, 3.63) is 65.1 Å². The SMILES string of the molecule is CNC[C@@H](O)[C@H](c1ccccc1)n1ccc2cc(Cl)nc(C)c21. The average molecular weight is 330 g/mol. The summed E-state index contributed by atoms with van der Waals surface area (Å²) in [6, 6.07) is 13.7. The van der Waals surface area contributed by atoms with E-state index in [1.807, 2.05) is 62.6 Å². The van der Waals surface area contributed by atoms with Crippen molar-refractivity contribution in [3.63, 3.8) is 0 Å². The molecule has 2 atom stereocenters. The van der Waals surface area contributed by atoms with Crippen LogP contribution in [-0.4, -0.2) is 34.4 Å². The fourth-order valence-electron chi connectivity index (χ4n) is 3.12. The molecule has 0 amide bonds. The third kappa shape index (κ3) is 3.11. The van der Waals surface area contributed by atoms with Crippen molar-refractivity contribution < 1.29 is 5.11 Å². The molecule has 23 heavy (non-hydrogen) atoms. The van der Waals surface area contributed by atoms with Crippen LogP contribution in [0.2, 0.25) is 5.15 Å². The zero-order valence-electron chi connectivity index (χ0n) is 13.2. The number of rotatable bonds is 5. The second kappa shape index (κ2) is 6.71. The first kappa shape index (κ1) is 16.0. The van der Waals surface area contributed by atoms with Crippen LogP contribution < -0.4 is 5.32 Å². The number of aliphatic hydroxyl groups excluding tert-OH is 1. The van der Waals surface area contributed by atoms with E-state index in [1.165, 1.54) is 0 Å². The molecule has 0 saturated carbocycles. The number of aromatic nitrogens is 2. The van der Waals surface area contributed by atoms with Crippen LogP contribution >= 0.6 is 11.6 Å². The van der Waals surface area contributed by atoms with E-state index < -0.39 is 6.10 Å². The third-order valence-electron chi connectivity index (χ3n) is 4.06. The molecule has 0 radical (unpaired) electrons. The van der Waals surface area contributed by atoms with Gasteiger partial charge in [0.15, 0.2) is 0 Å². The van der Waals surface area contributed by atoms with Crippen molar-refractivity contribution in [1.29, 1.82) is 0 Å². The Labute approximate surface area is 140 Å². The molecule has 0 saturated heterocycles. The molecule has 1 aromatic carbocycles. The summed E-state index contributed by atoms with van der Waals surface area (Å²) in [6.45, 7) is 2.44. The number of pyridine rings is 1. The molecule has 120 valence electrons. The summed E-state index contributed by atoms with van der Waals surface area (Å²) in [4.78, 5) is 4.36. The van der Waals surface area contributed by atoms with Gasteiger partial charge >= 0.3 is 0 Å². The number of nitrogens with zero attached hydrogens (tertiary/aromatic N) is 2. The number of hydrogen-bond donors (Lipinski definition) is 2. The number of nitrogens with one attached hydrogen (secondary N) is 1. The zero-order valence-corrected chi connectivity index (χ0v) is 14.0. The maximum absolute atomic E-state index is 10.7. The Morgan fingerprint density at radius 3 is 2.70 bits per heavy atom. The highest BCUT2D eigenvalue weighted by atomic mass is 35.5. The number of benzene rings is 1. The molecular formula is C18H20ClN3O. The van der Waals surface area contributed by atoms with E-state index in [9.17, 15) is 5.11 Å². The summed E-state index contributed by atoms with van der Waals surface area (Å²) >= 11 is 6.06. The van der Waals surface area contributed by atoms with Gasteiger partial charge in [-0.25, -0.2) is 4.98 Å². The van der Waals surface area contributed by atoms with Crippen LogP contribution in [0.3, 0.4) is 0 Å². The predicted molar refractivity (Wildman–Crippen MR) is 94.0 cm³/mol. The highest BCUT2D eigenvalue weighted by molar-refractivity contribution is 6.30. The van der Waals surface area contributed by atoms with Gasteiger partial charge in [0.25, 0.3) is 0 Å². The number of aryl methyl sites for hydroxylation is 1. The Balaban J connectivity index is 2.17. The van der Waals surface area contributed by atoms with E-state index in [1.54, 1.807) is 0 Å². The smallest absolute Gasteiger partial charge is 0.130 e. The maximum Gasteiger partial charge on any atom is 0.130 e. The van der Waals surface area contributed by atoms with Gasteiger partial charge in [-0.15, -0.1) is 0 Å². The van der Waals surface area contributed by atoms with Gasteiger partial charge in [-0.1, -0.05) is 41.9 Å². The summed E-state index contributed by atoms with van der Waals surface area (Å²) in [7, 11) is 1.84. The van der Waals surface area contributed by atoms with Gasteiger partial charge in [0.05, 0.1) is 23.4 Å². The molecule has 3 aromatic rings. The molecule has 0 unspecified atom stereocenters. The minimum atomic E-state index is -0.562. The lowest BCUT2D eigenvalue weighted by atomic mass is 10.0. The summed E-state index contributed by atoms with van der Waals surface area (Å²) in [5.41, 5.74) is 2.91. The molecule has 0 aliphatic rings. The van der Waals surface area contributed by atoms with Gasteiger partial charge in [0.2, 0.25) is 0 Å². The highest BCUT2D eigenvalue weighted by Crippen LogP contribution is 2.30. The maximum atomic E-state index is 10.7. The molecule has 2 N–H and O–H groups in total. The Morgan fingerprint density at radius 2 is 2.00 bits per heavy atom. The van der Waals surface area contributed by atoms with Crippen LogP contribution in [-0.2, 0) is 0 Å². The summed E-state index contributed by atoms with van der Waals surface area (Å²) in [6.07, 6.45) is 1.43. The summed E-state index contributed by atoms with van der Waals surface area (Å²) in [5, 5.41) is 15.3. The van der Waals surface area contributed by atoms with Crippen LogP contribution in [0.4, 0.5) is 0 Å². The van der Waals surface area contributed by atoms with Crippen molar-refractivity contribution in [3.8, 4) is 0 Å². The van der Waals surface area contributed by atoms with Crippen LogP contribution in [0.15, 0.2) is 48.7 Å². The average Bonchev–Trinajstić information content (AvgIpc) is 2.93. The number of aliphatic hydroxyl groups is 1. The normalized spacial score (nSPS) is 14.1. The van der Waals surface area contributed by atoms with E-state index in [2.05, 4.69) is 14.9 Å². The molecule has 5 heteroatoms. The molecule has 0 aliphatic heterocycles. The quantitative estimate of drug-likeness (QED) is 0.707. The molecule has 0 aliphatic carbocycles. The van der Waals surface area contributed by atoms with Crippen LogP contribution in [0.1, 0.15) is 17.3 Å². The fraction of sp³-hybridized carbons (Fsp3) is 0.278. The highest BCUT2D eigenvalue weighted by Gasteiger charge is 2.24. The minimum Gasteiger partial charge on any atom is -0.389 e. The zero-order chi connectivity index (χ0) is 16.4. The van der Waals surface area contributed by atoms with Crippen molar-refractivity contribution in [2.75, 3.05) is 13.6 Å². The van der Waals surface area contributed by atoms with E-state index in [4.69, 9.17) is 11.6 Å². The molecule has 4 nitrogen and oxygen atoms in total. The summed E-state index contributed by atoms with van der Waals surface area (Å²) in [5.74, 6) is 0. The minimum absolute atomic E-state index is 0.192. The Kier molecular flexibility index (Phi) is 4.66. The lowest BCUT2D eigenvalue weighted by Crippen LogP contribution is -2.33. The third-order valence-corrected chi connectivity index (χ3v) is 4.25. The number of likely N-dealkylation sites (N-methyl/N-ethyl adjacent to an activating group) is 1. The van der Waals surface area contributed by atoms with Gasteiger partial charge in [-0.2, -0.15) is 0 Å². The van der Waals surface area contributed by atoms with Gasteiger partial charge < -0.3 is 15.0 Å². The number of hydrogen-bond acceptors (Lipinski definition) is 3. The Morgan fingerprint density at radius 1 is 1.26 bits per heavy atom. The fourth-order valence-corrected chi connectivity index (χ4v) is 3.36. The topological polar surface area (TPSA) is 50.1 Å². The van der Waals surface area contributed by atoms with Gasteiger partial charge in [0.1, 0.15) is 5.15 Å². The van der Waals surface area contributed by atoms with E-state index >= 15 is 0 Å². The largest absolute Gasteiger partial charge is 0.389 e. The lowest BCUT2D eigenvalue weighted by molar-refractivity contribution is 0.132. The first-order valence-electron chi connectivity index (χ1n) is 7.63. The van der Waals surface area contributed by atoms with Crippen molar-refractivity contribution in [2.45, 2.75) is 19.1 Å². The number of halogens is 1. The standard InChI is InChI=1S/C18H20ClN3O/c1-12-17-14(10-16(19)21-12)8-9-22(17)18(15(23)11-20-2)13-6-4-3-5-7-13/h3-10,15,18,20,23H,11H2,1-2H3/t15-,18+/m1/s1. The van der Waals surface area contributed by atoms with Gasteiger partial charge in [-0.3, -0.25) is 0 Å². The molecule has 0 fully saturated rings. The van der Waals surface area contributed by atoms with Crippen molar-refractivity contribution >= 4 is 22.5 Å². The van der Waals surface area contributed by atoms with Crippen LogP contribution in [0.5, 0.6) is 0 Å². The molecular weight excluding hydrogens is 310 g/mol. The molecule has 2 aromatic heterocycles. The van der Waals surface area contributed by atoms with Crippen LogP contribution in [0, 0.1) is 6.92 Å². The molecule has 0 bridgehead atoms. The molecule has 3 rings (SSSR count). The van der Waals surface area contributed by atoms with Crippen molar-refractivity contribution in [1.82, 2.24) is 14.9 Å². The molecule has 2 heterocycles. The van der Waals surface area contributed by atoms with Gasteiger partial charge in [-0.05, 0) is 31.7 Å². The lowest BCUT2D eigenvalue weighted by Gasteiger charge is -2.26. The predicted octanol–water partition coefficient (Wildman–Crippen LogP) is 3.17. The van der Waals surface area contributed by atoms with Gasteiger partial charge in [0, 0.05) is 18.1 Å². The summed E-state index contributed by atoms with van der Waals surface area (Å²) < 4.78 is 2.09. The molecule has 0 spiro atoms. The first-order valence-corrected chi connectivity index (χ1v) is 8.01. The number of fused-ring (bicyclic) bond motifs is 1. The van der Waals surface area contributed by atoms with E-state index in [-0.39, 0.29) is 6.04 Å². The van der Waals surface area contributed by atoms with Crippen LogP contribution in [0.25, 0.3) is 10.9 Å². The van der Waals surface area contributed by atoms with Crippen molar-refractivity contribution in [2.24, 2.45) is 0 Å². The second-order valence-electron chi connectivity index (χ2n) is 5.67. The second-order valence-corrected chi connectivity index (χ2v) is 6.06. The monoisotopic (exact) mass is 329 g/mol. The van der Waals surface area contributed by atoms with E-state index in [0.717, 1.165) is 22.2 Å². The Hall–Kier alpha value is -1.88. The first-order chi connectivity index (χ1) is 11.1.